The lowest BCUT2D eigenvalue weighted by Crippen LogP contribution is -2.13. The Bertz CT molecular complexity index is 353. The van der Waals surface area contributed by atoms with Crippen molar-refractivity contribution in [2.24, 2.45) is 0 Å². The average molecular weight is 265 g/mol. The quantitative estimate of drug-likeness (QED) is 0.653. The normalized spacial score (nSPS) is 10.5. The van der Waals surface area contributed by atoms with E-state index in [-0.39, 0.29) is 0 Å². The molecule has 1 aromatic rings. The first-order valence-electron chi connectivity index (χ1n) is 7.32. The van der Waals surface area contributed by atoms with E-state index >= 15 is 0 Å². The first-order valence-corrected chi connectivity index (χ1v) is 7.32. The molecule has 0 saturated carbocycles. The minimum atomic E-state index is 0.760. The number of unbranched alkanes of at least 4 members (excludes halogenated alkanes) is 2. The van der Waals surface area contributed by atoms with Crippen LogP contribution in [0.2, 0.25) is 0 Å². The van der Waals surface area contributed by atoms with Crippen LogP contribution in [0.15, 0.2) is 18.2 Å². The molecule has 3 heteroatoms. The Morgan fingerprint density at radius 1 is 1.05 bits per heavy atom. The second-order valence-corrected chi connectivity index (χ2v) is 4.72. The topological polar surface area (TPSA) is 30.5 Å². The molecule has 1 aromatic carbocycles. The summed E-state index contributed by atoms with van der Waals surface area (Å²) < 4.78 is 11.2. The van der Waals surface area contributed by atoms with Crippen LogP contribution in [0.25, 0.3) is 0 Å². The molecule has 0 aromatic heterocycles. The summed E-state index contributed by atoms with van der Waals surface area (Å²) in [6.07, 6.45) is 4.66. The second-order valence-electron chi connectivity index (χ2n) is 4.72. The van der Waals surface area contributed by atoms with Crippen molar-refractivity contribution < 1.29 is 9.47 Å². The summed E-state index contributed by atoms with van der Waals surface area (Å²) in [6, 6.07) is 6.14. The first kappa shape index (κ1) is 15.8. The highest BCUT2D eigenvalue weighted by Gasteiger charge is 2.05. The van der Waals surface area contributed by atoms with Gasteiger partial charge in [0.1, 0.15) is 0 Å². The summed E-state index contributed by atoms with van der Waals surface area (Å²) in [5.41, 5.74) is 1.24. The lowest BCUT2D eigenvalue weighted by Gasteiger charge is -2.12. The maximum atomic E-state index is 5.82. The molecule has 0 unspecified atom stereocenters. The molecule has 1 rings (SSSR count). The fraction of sp³-hybridized carbons (Fsp3) is 0.625. The number of hydrogen-bond donors (Lipinski definition) is 1. The third-order valence-electron chi connectivity index (χ3n) is 2.99. The fourth-order valence-electron chi connectivity index (χ4n) is 1.89. The van der Waals surface area contributed by atoms with E-state index in [1.807, 2.05) is 6.07 Å². The van der Waals surface area contributed by atoms with Crippen molar-refractivity contribution in [1.82, 2.24) is 5.32 Å². The van der Waals surface area contributed by atoms with E-state index in [0.29, 0.717) is 0 Å². The van der Waals surface area contributed by atoms with E-state index < -0.39 is 0 Å². The second kappa shape index (κ2) is 9.68. The molecule has 0 bridgehead atoms. The molecule has 0 atom stereocenters. The van der Waals surface area contributed by atoms with Crippen LogP contribution < -0.4 is 14.8 Å². The molecule has 0 spiro atoms. The van der Waals surface area contributed by atoms with Gasteiger partial charge in [-0.15, -0.1) is 0 Å². The molecule has 0 heterocycles. The zero-order valence-corrected chi connectivity index (χ0v) is 12.5. The van der Waals surface area contributed by atoms with Gasteiger partial charge in [-0.2, -0.15) is 0 Å². The maximum absolute atomic E-state index is 5.82. The number of rotatable bonds is 10. The van der Waals surface area contributed by atoms with Gasteiger partial charge in [0, 0.05) is 6.54 Å². The SMILES string of the molecule is CCCCCOc1cc(CNCCC)ccc1OC. The molecule has 0 fully saturated rings. The Morgan fingerprint density at radius 2 is 1.89 bits per heavy atom. The van der Waals surface area contributed by atoms with Crippen molar-refractivity contribution in [3.63, 3.8) is 0 Å². The summed E-state index contributed by atoms with van der Waals surface area (Å²) in [7, 11) is 1.68. The van der Waals surface area contributed by atoms with Crippen molar-refractivity contribution in [1.29, 1.82) is 0 Å². The van der Waals surface area contributed by atoms with Crippen LogP contribution in [0.3, 0.4) is 0 Å². The van der Waals surface area contributed by atoms with Gasteiger partial charge in [0.15, 0.2) is 11.5 Å². The molecule has 19 heavy (non-hydrogen) atoms. The van der Waals surface area contributed by atoms with E-state index in [2.05, 4.69) is 31.3 Å². The zero-order chi connectivity index (χ0) is 13.9. The number of hydrogen-bond acceptors (Lipinski definition) is 3. The van der Waals surface area contributed by atoms with Crippen molar-refractivity contribution >= 4 is 0 Å². The van der Waals surface area contributed by atoms with Gasteiger partial charge in [-0.1, -0.05) is 32.8 Å². The van der Waals surface area contributed by atoms with E-state index in [9.17, 15) is 0 Å². The molecule has 3 nitrogen and oxygen atoms in total. The molecule has 1 N–H and O–H groups in total. The van der Waals surface area contributed by atoms with Gasteiger partial charge >= 0.3 is 0 Å². The summed E-state index contributed by atoms with van der Waals surface area (Å²) in [5.74, 6) is 1.67. The molecule has 0 aliphatic heterocycles. The highest BCUT2D eigenvalue weighted by molar-refractivity contribution is 5.42. The van der Waals surface area contributed by atoms with Gasteiger partial charge in [-0.05, 0) is 37.1 Å². The third-order valence-corrected chi connectivity index (χ3v) is 2.99. The third kappa shape index (κ3) is 5.97. The van der Waals surface area contributed by atoms with Gasteiger partial charge in [0.05, 0.1) is 13.7 Å². The predicted octanol–water partition coefficient (Wildman–Crippen LogP) is 3.76. The van der Waals surface area contributed by atoms with Gasteiger partial charge < -0.3 is 14.8 Å². The van der Waals surface area contributed by atoms with Crippen molar-refractivity contribution in [2.75, 3.05) is 20.3 Å². The molecule has 0 aliphatic carbocycles. The maximum Gasteiger partial charge on any atom is 0.161 e. The fourth-order valence-corrected chi connectivity index (χ4v) is 1.89. The van der Waals surface area contributed by atoms with E-state index in [1.54, 1.807) is 7.11 Å². The number of ether oxygens (including phenoxy) is 2. The summed E-state index contributed by atoms with van der Waals surface area (Å²) in [6.45, 7) is 7.04. The van der Waals surface area contributed by atoms with Crippen molar-refractivity contribution in [3.05, 3.63) is 23.8 Å². The highest BCUT2D eigenvalue weighted by Crippen LogP contribution is 2.28. The zero-order valence-electron chi connectivity index (χ0n) is 12.5. The van der Waals surface area contributed by atoms with Crippen LogP contribution >= 0.6 is 0 Å². The minimum absolute atomic E-state index is 0.760. The van der Waals surface area contributed by atoms with Crippen LogP contribution in [0, 0.1) is 0 Å². The Labute approximate surface area is 117 Å². The van der Waals surface area contributed by atoms with Crippen LogP contribution in [-0.4, -0.2) is 20.3 Å². The smallest absolute Gasteiger partial charge is 0.161 e. The Kier molecular flexibility index (Phi) is 8.07. The Morgan fingerprint density at radius 3 is 2.58 bits per heavy atom. The van der Waals surface area contributed by atoms with E-state index in [4.69, 9.17) is 9.47 Å². The van der Waals surface area contributed by atoms with Crippen molar-refractivity contribution in [2.45, 2.75) is 46.1 Å². The molecular weight excluding hydrogens is 238 g/mol. The summed E-state index contributed by atoms with van der Waals surface area (Å²) in [4.78, 5) is 0. The van der Waals surface area contributed by atoms with Gasteiger partial charge in [-0.3, -0.25) is 0 Å². The number of benzene rings is 1. The lowest BCUT2D eigenvalue weighted by molar-refractivity contribution is 0.285. The molecule has 108 valence electrons. The molecular formula is C16H27NO2. The number of methoxy groups -OCH3 is 1. The molecule has 0 amide bonds. The van der Waals surface area contributed by atoms with Crippen LogP contribution in [0.1, 0.15) is 45.1 Å². The lowest BCUT2D eigenvalue weighted by atomic mass is 10.2. The monoisotopic (exact) mass is 265 g/mol. The molecule has 0 saturated heterocycles. The minimum Gasteiger partial charge on any atom is -0.493 e. The van der Waals surface area contributed by atoms with Crippen LogP contribution in [0.5, 0.6) is 11.5 Å². The van der Waals surface area contributed by atoms with Crippen LogP contribution in [0.4, 0.5) is 0 Å². The van der Waals surface area contributed by atoms with Gasteiger partial charge in [0.25, 0.3) is 0 Å². The summed E-state index contributed by atoms with van der Waals surface area (Å²) >= 11 is 0. The van der Waals surface area contributed by atoms with Crippen molar-refractivity contribution in [3.8, 4) is 11.5 Å². The summed E-state index contributed by atoms with van der Waals surface area (Å²) in [5, 5.41) is 3.40. The van der Waals surface area contributed by atoms with Crippen LogP contribution in [-0.2, 0) is 6.54 Å². The molecule has 0 radical (unpaired) electrons. The first-order chi connectivity index (χ1) is 9.31. The average Bonchev–Trinajstić information content (AvgIpc) is 2.44. The van der Waals surface area contributed by atoms with Gasteiger partial charge in [0.2, 0.25) is 0 Å². The van der Waals surface area contributed by atoms with E-state index in [1.165, 1.54) is 18.4 Å². The Hall–Kier alpha value is -1.22. The predicted molar refractivity (Wildman–Crippen MR) is 80.0 cm³/mol. The largest absolute Gasteiger partial charge is 0.493 e. The molecule has 0 aliphatic rings. The standard InChI is InChI=1S/C16H27NO2/c1-4-6-7-11-19-16-12-14(13-17-10-5-2)8-9-15(16)18-3/h8-9,12,17H,4-7,10-11,13H2,1-3H3. The Balaban J connectivity index is 2.56. The van der Waals surface area contributed by atoms with E-state index in [0.717, 1.165) is 44.0 Å². The number of nitrogens with one attached hydrogen (secondary N) is 1. The highest BCUT2D eigenvalue weighted by atomic mass is 16.5. The van der Waals surface area contributed by atoms with Gasteiger partial charge in [-0.25, -0.2) is 0 Å².